The molecule has 3 nitrogen and oxygen atoms in total. The Bertz CT molecular complexity index is 349. The van der Waals surface area contributed by atoms with Crippen LogP contribution in [-0.4, -0.2) is 25.4 Å². The van der Waals surface area contributed by atoms with Gasteiger partial charge in [-0.15, -0.1) is 0 Å². The predicted octanol–water partition coefficient (Wildman–Crippen LogP) is 2.08. The molecule has 88 valence electrons. The smallest absolute Gasteiger partial charge is 0.119 e. The van der Waals surface area contributed by atoms with E-state index in [1.807, 2.05) is 18.2 Å². The van der Waals surface area contributed by atoms with Gasteiger partial charge in [0.2, 0.25) is 0 Å². The van der Waals surface area contributed by atoms with Gasteiger partial charge < -0.3 is 14.6 Å². The van der Waals surface area contributed by atoms with E-state index in [0.29, 0.717) is 6.61 Å². The maximum Gasteiger partial charge on any atom is 0.119 e. The Morgan fingerprint density at radius 2 is 2.25 bits per heavy atom. The summed E-state index contributed by atoms with van der Waals surface area (Å²) in [6.07, 6.45) is 2.40. The molecule has 0 amide bonds. The molecule has 0 spiro atoms. The topological polar surface area (TPSA) is 38.7 Å². The summed E-state index contributed by atoms with van der Waals surface area (Å²) in [5, 5.41) is 9.66. The summed E-state index contributed by atoms with van der Waals surface area (Å²) in [5.41, 5.74) is 2.28. The van der Waals surface area contributed by atoms with Crippen molar-refractivity contribution in [2.75, 3.05) is 20.3 Å². The van der Waals surface area contributed by atoms with Gasteiger partial charge in [0, 0.05) is 20.1 Å². The molecular weight excluding hydrogens is 204 g/mol. The van der Waals surface area contributed by atoms with Crippen molar-refractivity contribution in [2.24, 2.45) is 0 Å². The maximum atomic E-state index is 9.66. The second-order valence-corrected chi connectivity index (χ2v) is 4.11. The number of benzene rings is 1. The molecule has 1 N–H and O–H groups in total. The summed E-state index contributed by atoms with van der Waals surface area (Å²) in [4.78, 5) is 0. The van der Waals surface area contributed by atoms with Crippen LogP contribution in [0.15, 0.2) is 18.2 Å². The molecule has 0 aromatic heterocycles. The molecule has 1 aliphatic carbocycles. The van der Waals surface area contributed by atoms with Gasteiger partial charge in [0.05, 0.1) is 12.7 Å². The second-order valence-electron chi connectivity index (χ2n) is 4.11. The predicted molar refractivity (Wildman–Crippen MR) is 61.7 cm³/mol. The van der Waals surface area contributed by atoms with E-state index in [2.05, 4.69) is 0 Å². The van der Waals surface area contributed by atoms with Crippen molar-refractivity contribution in [3.8, 4) is 5.75 Å². The number of ether oxygens (including phenoxy) is 2. The van der Waals surface area contributed by atoms with Crippen molar-refractivity contribution < 1.29 is 14.6 Å². The van der Waals surface area contributed by atoms with Gasteiger partial charge >= 0.3 is 0 Å². The highest BCUT2D eigenvalue weighted by molar-refractivity contribution is 5.39. The molecule has 0 bridgehead atoms. The molecule has 0 aliphatic heterocycles. The van der Waals surface area contributed by atoms with E-state index in [9.17, 15) is 5.11 Å². The fourth-order valence-corrected chi connectivity index (χ4v) is 2.05. The third-order valence-electron chi connectivity index (χ3n) is 2.92. The third kappa shape index (κ3) is 2.54. The molecule has 0 radical (unpaired) electrons. The van der Waals surface area contributed by atoms with Crippen LogP contribution in [0.1, 0.15) is 30.1 Å². The highest BCUT2D eigenvalue weighted by atomic mass is 16.5. The number of fused-ring (bicyclic) bond motifs is 1. The van der Waals surface area contributed by atoms with Crippen molar-refractivity contribution in [3.05, 3.63) is 29.3 Å². The Morgan fingerprint density at radius 3 is 3.06 bits per heavy atom. The minimum Gasteiger partial charge on any atom is -0.493 e. The van der Waals surface area contributed by atoms with Crippen LogP contribution in [-0.2, 0) is 11.2 Å². The number of hydrogen-bond donors (Lipinski definition) is 1. The highest BCUT2D eigenvalue weighted by Crippen LogP contribution is 2.33. The lowest BCUT2D eigenvalue weighted by Gasteiger charge is -2.08. The Hall–Kier alpha value is -1.06. The Kier molecular flexibility index (Phi) is 3.80. The summed E-state index contributed by atoms with van der Waals surface area (Å²) in [6, 6.07) is 5.94. The average Bonchev–Trinajstić information content (AvgIpc) is 2.66. The molecule has 3 heteroatoms. The quantitative estimate of drug-likeness (QED) is 0.775. The molecule has 1 aromatic rings. The molecule has 1 atom stereocenters. The molecule has 0 saturated heterocycles. The van der Waals surface area contributed by atoms with Gasteiger partial charge in [0.25, 0.3) is 0 Å². The molecule has 2 rings (SSSR count). The molecule has 1 aromatic carbocycles. The van der Waals surface area contributed by atoms with Crippen LogP contribution in [0.4, 0.5) is 0 Å². The number of rotatable bonds is 5. The molecule has 1 unspecified atom stereocenters. The molecule has 0 heterocycles. The number of aliphatic hydroxyl groups is 1. The summed E-state index contributed by atoms with van der Waals surface area (Å²) in [6.45, 7) is 1.40. The monoisotopic (exact) mass is 222 g/mol. The molecule has 0 saturated carbocycles. The minimum atomic E-state index is -0.280. The fraction of sp³-hybridized carbons (Fsp3) is 0.538. The van der Waals surface area contributed by atoms with Gasteiger partial charge in [0.1, 0.15) is 5.75 Å². The zero-order chi connectivity index (χ0) is 11.4. The minimum absolute atomic E-state index is 0.280. The first-order chi connectivity index (χ1) is 7.81. The second kappa shape index (κ2) is 5.32. The summed E-state index contributed by atoms with van der Waals surface area (Å²) >= 11 is 0. The summed E-state index contributed by atoms with van der Waals surface area (Å²) < 4.78 is 10.6. The van der Waals surface area contributed by atoms with Gasteiger partial charge in [-0.2, -0.15) is 0 Å². The van der Waals surface area contributed by atoms with E-state index in [0.717, 1.165) is 37.2 Å². The van der Waals surface area contributed by atoms with E-state index < -0.39 is 0 Å². The first-order valence-electron chi connectivity index (χ1n) is 5.74. The van der Waals surface area contributed by atoms with Gasteiger partial charge in [0.15, 0.2) is 0 Å². The lowest BCUT2D eigenvalue weighted by atomic mass is 10.1. The van der Waals surface area contributed by atoms with Gasteiger partial charge in [-0.05, 0) is 36.1 Å². The van der Waals surface area contributed by atoms with Gasteiger partial charge in [-0.25, -0.2) is 0 Å². The maximum absolute atomic E-state index is 9.66. The molecule has 16 heavy (non-hydrogen) atoms. The largest absolute Gasteiger partial charge is 0.493 e. The van der Waals surface area contributed by atoms with Crippen molar-refractivity contribution >= 4 is 0 Å². The zero-order valence-corrected chi connectivity index (χ0v) is 9.61. The lowest BCUT2D eigenvalue weighted by Crippen LogP contribution is -2.01. The standard InChI is InChI=1S/C13H18O3/c1-15-7-2-8-16-11-4-5-12-10(9-11)3-6-13(12)14/h4-5,9,13-14H,2-3,6-8H2,1H3. The van der Waals surface area contributed by atoms with Crippen LogP contribution in [0, 0.1) is 0 Å². The summed E-state index contributed by atoms with van der Waals surface area (Å²) in [7, 11) is 1.69. The van der Waals surface area contributed by atoms with E-state index in [1.54, 1.807) is 7.11 Å². The van der Waals surface area contributed by atoms with Crippen molar-refractivity contribution in [1.82, 2.24) is 0 Å². The van der Waals surface area contributed by atoms with E-state index in [4.69, 9.17) is 9.47 Å². The van der Waals surface area contributed by atoms with Crippen LogP contribution < -0.4 is 4.74 Å². The zero-order valence-electron chi connectivity index (χ0n) is 9.61. The van der Waals surface area contributed by atoms with Crippen LogP contribution in [0.3, 0.4) is 0 Å². The van der Waals surface area contributed by atoms with E-state index in [-0.39, 0.29) is 6.10 Å². The number of hydrogen-bond acceptors (Lipinski definition) is 3. The van der Waals surface area contributed by atoms with Crippen molar-refractivity contribution in [2.45, 2.75) is 25.4 Å². The Morgan fingerprint density at radius 1 is 1.38 bits per heavy atom. The first kappa shape index (κ1) is 11.4. The van der Waals surface area contributed by atoms with Crippen LogP contribution in [0.2, 0.25) is 0 Å². The van der Waals surface area contributed by atoms with Crippen molar-refractivity contribution in [1.29, 1.82) is 0 Å². The number of aliphatic hydroxyl groups excluding tert-OH is 1. The normalized spacial score (nSPS) is 18.5. The third-order valence-corrected chi connectivity index (χ3v) is 2.92. The Balaban J connectivity index is 1.92. The van der Waals surface area contributed by atoms with Crippen LogP contribution in [0.5, 0.6) is 5.75 Å². The molecular formula is C13H18O3. The van der Waals surface area contributed by atoms with Crippen LogP contribution in [0.25, 0.3) is 0 Å². The van der Waals surface area contributed by atoms with Crippen LogP contribution >= 0.6 is 0 Å². The van der Waals surface area contributed by atoms with Gasteiger partial charge in [-0.1, -0.05) is 6.07 Å². The summed E-state index contributed by atoms with van der Waals surface area (Å²) in [5.74, 6) is 0.893. The number of methoxy groups -OCH3 is 1. The van der Waals surface area contributed by atoms with Crippen molar-refractivity contribution in [3.63, 3.8) is 0 Å². The van der Waals surface area contributed by atoms with E-state index >= 15 is 0 Å². The fourth-order valence-electron chi connectivity index (χ4n) is 2.05. The van der Waals surface area contributed by atoms with E-state index in [1.165, 1.54) is 5.56 Å². The molecule has 1 aliphatic rings. The Labute approximate surface area is 96.0 Å². The average molecular weight is 222 g/mol. The SMILES string of the molecule is COCCCOc1ccc2c(c1)CCC2O. The molecule has 0 fully saturated rings. The first-order valence-corrected chi connectivity index (χ1v) is 5.74. The lowest BCUT2D eigenvalue weighted by molar-refractivity contribution is 0.172. The van der Waals surface area contributed by atoms with Gasteiger partial charge in [-0.3, -0.25) is 0 Å². The highest BCUT2D eigenvalue weighted by Gasteiger charge is 2.20. The number of aryl methyl sites for hydroxylation is 1.